The monoisotopic (exact) mass is 836 g/mol. The van der Waals surface area contributed by atoms with Crippen LogP contribution in [0.4, 0.5) is 4.79 Å². The largest absolute Gasteiger partial charge is 0.480 e. The van der Waals surface area contributed by atoms with Gasteiger partial charge in [0.25, 0.3) is 11.8 Å². The summed E-state index contributed by atoms with van der Waals surface area (Å²) in [5.41, 5.74) is 11.3. The first kappa shape index (κ1) is 43.6. The number of aromatic nitrogens is 2. The number of esters is 1. The van der Waals surface area contributed by atoms with Crippen LogP contribution in [-0.2, 0) is 32.3 Å². The van der Waals surface area contributed by atoms with Gasteiger partial charge in [-0.05, 0) is 64.9 Å². The zero-order valence-corrected chi connectivity index (χ0v) is 34.2. The summed E-state index contributed by atoms with van der Waals surface area (Å²) in [6.45, 7) is 9.80. The van der Waals surface area contributed by atoms with Gasteiger partial charge in [0, 0.05) is 25.5 Å². The van der Waals surface area contributed by atoms with E-state index in [1.807, 2.05) is 79.7 Å². The van der Waals surface area contributed by atoms with Gasteiger partial charge in [0.05, 0.1) is 30.2 Å². The van der Waals surface area contributed by atoms with E-state index in [1.54, 1.807) is 24.5 Å². The third-order valence-corrected chi connectivity index (χ3v) is 11.0. The topological polar surface area (TPSA) is 212 Å². The number of ether oxygens (including phenoxy) is 2. The number of pyridine rings is 2. The molecule has 14 nitrogen and oxygen atoms in total. The first-order valence-corrected chi connectivity index (χ1v) is 20.1. The van der Waals surface area contributed by atoms with Crippen LogP contribution in [0.3, 0.4) is 0 Å². The van der Waals surface area contributed by atoms with Crippen molar-refractivity contribution in [1.82, 2.24) is 25.9 Å². The van der Waals surface area contributed by atoms with Crippen LogP contribution in [0.2, 0.25) is 0 Å². The van der Waals surface area contributed by atoms with Crippen LogP contribution in [0.1, 0.15) is 68.3 Å². The number of allylic oxidation sites excluding steroid dienone is 1. The minimum absolute atomic E-state index is 0.0243. The Bertz CT molecular complexity index is 2430. The number of carboxylic acids is 1. The van der Waals surface area contributed by atoms with Crippen molar-refractivity contribution in [1.29, 1.82) is 0 Å². The van der Waals surface area contributed by atoms with Crippen molar-refractivity contribution in [3.8, 4) is 0 Å². The SMILES string of the molecule is C=C(C)c1ccnc2cc(C(=O)NC[C@@H](NC(=O)OCc3ccccc3)C(=O)OCc3ccccc3)sc12.CC(C)c1ccnc2cc(C(=O)NC[C@@H](N)C(=O)O)sc12. The summed E-state index contributed by atoms with van der Waals surface area (Å²) in [5, 5.41) is 16.4. The molecule has 6 aromatic rings. The minimum Gasteiger partial charge on any atom is -0.480 e. The molecule has 59 heavy (non-hydrogen) atoms. The molecule has 0 aliphatic heterocycles. The van der Waals surface area contributed by atoms with Crippen molar-refractivity contribution in [2.75, 3.05) is 13.1 Å². The van der Waals surface area contributed by atoms with Gasteiger partial charge < -0.3 is 36.3 Å². The Kier molecular flexibility index (Phi) is 15.4. The first-order valence-electron chi connectivity index (χ1n) is 18.5. The lowest BCUT2D eigenvalue weighted by atomic mass is 10.0. The molecule has 0 radical (unpaired) electrons. The maximum absolute atomic E-state index is 13.0. The van der Waals surface area contributed by atoms with E-state index >= 15 is 0 Å². The van der Waals surface area contributed by atoms with Crippen LogP contribution >= 0.6 is 22.7 Å². The third-order valence-electron chi connectivity index (χ3n) is 8.66. The number of hydrogen-bond acceptors (Lipinski definition) is 12. The molecule has 6 N–H and O–H groups in total. The predicted octanol–water partition coefficient (Wildman–Crippen LogP) is 6.66. The first-order chi connectivity index (χ1) is 28.3. The van der Waals surface area contributed by atoms with Gasteiger partial charge in [-0.2, -0.15) is 0 Å². The second kappa shape index (κ2) is 20.8. The number of rotatable bonds is 15. The zero-order valence-electron chi connectivity index (χ0n) is 32.6. The molecule has 6 rings (SSSR count). The normalized spacial score (nSPS) is 11.8. The fraction of sp³-hybridized carbons (Fsp3) is 0.233. The molecule has 0 unspecified atom stereocenters. The molecular formula is C43H44N6O8S2. The lowest BCUT2D eigenvalue weighted by Gasteiger charge is -2.18. The lowest BCUT2D eigenvalue weighted by molar-refractivity contribution is -0.147. The average Bonchev–Trinajstić information content (AvgIpc) is 3.89. The second-order valence-corrected chi connectivity index (χ2v) is 15.7. The summed E-state index contributed by atoms with van der Waals surface area (Å²) in [4.78, 5) is 70.5. The molecule has 0 fully saturated rings. The molecule has 0 saturated carbocycles. The Hall–Kier alpha value is -6.49. The van der Waals surface area contributed by atoms with E-state index < -0.39 is 36.0 Å². The average molecular weight is 837 g/mol. The quantitative estimate of drug-likeness (QED) is 0.0691. The Labute approximate surface area is 348 Å². The number of hydrogen-bond donors (Lipinski definition) is 5. The summed E-state index contributed by atoms with van der Waals surface area (Å²) in [6.07, 6.45) is 2.60. The van der Waals surface area contributed by atoms with E-state index in [-0.39, 0.29) is 32.2 Å². The number of benzene rings is 2. The van der Waals surface area contributed by atoms with Crippen molar-refractivity contribution in [3.05, 3.63) is 136 Å². The van der Waals surface area contributed by atoms with E-state index in [2.05, 4.69) is 46.3 Å². The third kappa shape index (κ3) is 12.3. The van der Waals surface area contributed by atoms with Crippen molar-refractivity contribution in [2.24, 2.45) is 5.73 Å². The highest BCUT2D eigenvalue weighted by molar-refractivity contribution is 7.21. The van der Waals surface area contributed by atoms with Crippen molar-refractivity contribution in [2.45, 2.75) is 52.0 Å². The molecule has 0 aliphatic rings. The molecule has 2 aromatic carbocycles. The van der Waals surface area contributed by atoms with Gasteiger partial charge in [-0.1, -0.05) is 81.1 Å². The Balaban J connectivity index is 0.000000266. The van der Waals surface area contributed by atoms with Crippen molar-refractivity contribution < 1.29 is 38.6 Å². The number of nitrogens with one attached hydrogen (secondary N) is 3. The fourth-order valence-electron chi connectivity index (χ4n) is 5.50. The van der Waals surface area contributed by atoms with Gasteiger partial charge in [-0.25, -0.2) is 9.59 Å². The van der Waals surface area contributed by atoms with Gasteiger partial charge >= 0.3 is 18.0 Å². The van der Waals surface area contributed by atoms with E-state index in [9.17, 15) is 24.0 Å². The molecule has 2 atom stereocenters. The zero-order chi connectivity index (χ0) is 42.5. The standard InChI is InChI=1S/C29H27N3O5S.C14H17N3O3S/c1-19(2)22-13-14-30-23-15-25(38-26(22)23)27(33)31-16-24(28(34)36-17-20-9-5-3-6-10-20)32-29(35)37-18-21-11-7-4-8-12-21;1-7(2)8-3-4-16-10-5-11(21-12(8)10)13(18)17-6-9(15)14(19)20/h3-15,24H,1,16-18H2,2H3,(H,31,33)(H,32,35);3-5,7,9H,6,15H2,1-2H3,(H,17,18)(H,19,20)/t24-;9-/m11/s1. The fourth-order valence-corrected chi connectivity index (χ4v) is 7.82. The highest BCUT2D eigenvalue weighted by atomic mass is 32.1. The van der Waals surface area contributed by atoms with Crippen LogP contribution < -0.4 is 21.7 Å². The number of carboxylic acid groups (broad SMARTS) is 1. The lowest BCUT2D eigenvalue weighted by Crippen LogP contribution is -2.49. The molecule has 16 heteroatoms. The van der Waals surface area contributed by atoms with Gasteiger partial charge in [-0.15, -0.1) is 22.7 Å². The molecule has 3 amide bonds. The summed E-state index contributed by atoms with van der Waals surface area (Å²) in [5.74, 6) is -2.24. The van der Waals surface area contributed by atoms with Crippen LogP contribution in [0.25, 0.3) is 26.0 Å². The smallest absolute Gasteiger partial charge is 0.408 e. The van der Waals surface area contributed by atoms with E-state index in [0.29, 0.717) is 21.2 Å². The van der Waals surface area contributed by atoms with Gasteiger partial charge in [0.1, 0.15) is 25.3 Å². The Morgan fingerprint density at radius 3 is 1.85 bits per heavy atom. The summed E-state index contributed by atoms with van der Waals surface area (Å²) < 4.78 is 12.5. The maximum Gasteiger partial charge on any atom is 0.408 e. The van der Waals surface area contributed by atoms with Crippen LogP contribution in [-0.4, -0.2) is 70.1 Å². The predicted molar refractivity (Wildman–Crippen MR) is 228 cm³/mol. The number of nitrogens with two attached hydrogens (primary N) is 1. The van der Waals surface area contributed by atoms with E-state index in [4.69, 9.17) is 20.3 Å². The van der Waals surface area contributed by atoms with Crippen molar-refractivity contribution >= 4 is 78.5 Å². The van der Waals surface area contributed by atoms with Gasteiger partial charge in [0.15, 0.2) is 0 Å². The number of alkyl carbamates (subject to hydrolysis) is 1. The highest BCUT2D eigenvalue weighted by Crippen LogP contribution is 2.32. The second-order valence-electron chi connectivity index (χ2n) is 13.6. The number of amides is 3. The summed E-state index contributed by atoms with van der Waals surface area (Å²) in [7, 11) is 0. The number of carbonyl (C=O) groups is 5. The maximum atomic E-state index is 13.0. The van der Waals surface area contributed by atoms with Gasteiger partial charge in [-0.3, -0.25) is 24.4 Å². The van der Waals surface area contributed by atoms with Crippen LogP contribution in [0.5, 0.6) is 0 Å². The number of thiophene rings is 2. The summed E-state index contributed by atoms with van der Waals surface area (Å²) >= 11 is 2.64. The number of aliphatic carboxylic acids is 1. The van der Waals surface area contributed by atoms with E-state index in [0.717, 1.165) is 42.7 Å². The van der Waals surface area contributed by atoms with E-state index in [1.165, 1.54) is 22.7 Å². The molecule has 4 aromatic heterocycles. The van der Waals surface area contributed by atoms with Crippen molar-refractivity contribution in [3.63, 3.8) is 0 Å². The molecule has 4 heterocycles. The Morgan fingerprint density at radius 1 is 0.763 bits per heavy atom. The summed E-state index contributed by atoms with van der Waals surface area (Å²) in [6, 6.07) is 23.3. The minimum atomic E-state index is -1.16. The highest BCUT2D eigenvalue weighted by Gasteiger charge is 2.25. The van der Waals surface area contributed by atoms with Crippen LogP contribution in [0, 0.1) is 0 Å². The number of carbonyl (C=O) groups excluding carboxylic acids is 4. The van der Waals surface area contributed by atoms with Gasteiger partial charge in [0.2, 0.25) is 0 Å². The molecule has 0 bridgehead atoms. The number of nitrogens with zero attached hydrogens (tertiary/aromatic N) is 2. The number of fused-ring (bicyclic) bond motifs is 2. The molecule has 0 spiro atoms. The Morgan fingerprint density at radius 2 is 1.29 bits per heavy atom. The van der Waals surface area contributed by atoms with Crippen LogP contribution in [0.15, 0.2) is 104 Å². The molecule has 0 aliphatic carbocycles. The molecule has 0 saturated heterocycles. The molecule has 306 valence electrons. The molecular weight excluding hydrogens is 793 g/mol.